The minimum absolute atomic E-state index is 0.164. The summed E-state index contributed by atoms with van der Waals surface area (Å²) in [5.74, 6) is 0.588. The zero-order chi connectivity index (χ0) is 24.2. The lowest BCUT2D eigenvalue weighted by Crippen LogP contribution is -2.38. The Balaban J connectivity index is 1.51. The van der Waals surface area contributed by atoms with E-state index in [1.807, 2.05) is 55.5 Å². The molecule has 0 bridgehead atoms. The molecule has 2 aromatic heterocycles. The molecular weight excluding hydrogens is 444 g/mol. The van der Waals surface area contributed by atoms with Crippen LogP contribution in [0.3, 0.4) is 0 Å². The minimum Gasteiger partial charge on any atom is -0.495 e. The molecule has 0 aliphatic carbocycles. The van der Waals surface area contributed by atoms with Gasteiger partial charge in [-0.3, -0.25) is 9.69 Å². The third-order valence-corrected chi connectivity index (χ3v) is 6.66. The van der Waals surface area contributed by atoms with Crippen LogP contribution in [0.4, 0.5) is 0 Å². The van der Waals surface area contributed by atoms with E-state index in [0.29, 0.717) is 11.3 Å². The molecule has 3 heterocycles. The molecule has 35 heavy (non-hydrogen) atoms. The molecule has 1 aliphatic rings. The van der Waals surface area contributed by atoms with Crippen LogP contribution in [0.5, 0.6) is 5.75 Å². The molecule has 1 fully saturated rings. The number of nitrogens with zero attached hydrogens (tertiary/aromatic N) is 3. The summed E-state index contributed by atoms with van der Waals surface area (Å²) in [4.78, 5) is 16.2. The quantitative estimate of drug-likeness (QED) is 0.418. The fourth-order valence-electron chi connectivity index (χ4n) is 4.84. The number of benzene rings is 2. The van der Waals surface area contributed by atoms with Crippen molar-refractivity contribution >= 4 is 16.8 Å². The number of morpholine rings is 1. The van der Waals surface area contributed by atoms with Crippen LogP contribution in [0.15, 0.2) is 65.4 Å². The second kappa shape index (κ2) is 10.3. The summed E-state index contributed by atoms with van der Waals surface area (Å²) in [5, 5.41) is 8.18. The molecule has 1 saturated heterocycles. The van der Waals surface area contributed by atoms with Crippen molar-refractivity contribution in [2.45, 2.75) is 19.5 Å². The van der Waals surface area contributed by atoms with Gasteiger partial charge in [0.1, 0.15) is 23.7 Å². The maximum Gasteiger partial charge on any atom is 0.254 e. The Bertz CT molecular complexity index is 1280. The number of nitrogens with one attached hydrogen (secondary N) is 1. The molecule has 0 radical (unpaired) electrons. The molecule has 0 spiro atoms. The maximum absolute atomic E-state index is 13.8. The average Bonchev–Trinajstić information content (AvgIpc) is 3.53. The maximum atomic E-state index is 13.8. The molecule has 2 aromatic carbocycles. The number of methoxy groups -OCH3 is 1. The van der Waals surface area contributed by atoms with Crippen molar-refractivity contribution in [3.63, 3.8) is 0 Å². The predicted octanol–water partition coefficient (Wildman–Crippen LogP) is 3.80. The lowest BCUT2D eigenvalue weighted by atomic mass is 10.0. The highest BCUT2D eigenvalue weighted by atomic mass is 16.5. The van der Waals surface area contributed by atoms with Gasteiger partial charge in [-0.05, 0) is 18.6 Å². The molecule has 0 unspecified atom stereocenters. The van der Waals surface area contributed by atoms with Crippen molar-refractivity contribution in [3.05, 3.63) is 83.4 Å². The van der Waals surface area contributed by atoms with Crippen LogP contribution in [0.25, 0.3) is 10.9 Å². The largest absolute Gasteiger partial charge is 0.495 e. The fourth-order valence-corrected chi connectivity index (χ4v) is 4.84. The standard InChI is InChI=1S/C27H30N4O4/c1-19-24(27(32)28-25(22-11-16-35-29-22)20-7-4-3-5-8-20)21-9-6-10-23(33-2)26(21)31(19)13-12-30-14-17-34-18-15-30/h3-11,16,25H,12-15,17-18H2,1-2H3,(H,28,32)/t25-/m0/s1. The van der Waals surface area contributed by atoms with Gasteiger partial charge in [0.05, 0.1) is 31.4 Å². The van der Waals surface area contributed by atoms with E-state index in [0.717, 1.165) is 67.3 Å². The summed E-state index contributed by atoms with van der Waals surface area (Å²) in [5.41, 5.74) is 4.06. The monoisotopic (exact) mass is 474 g/mol. The zero-order valence-corrected chi connectivity index (χ0v) is 20.1. The van der Waals surface area contributed by atoms with E-state index < -0.39 is 6.04 Å². The van der Waals surface area contributed by atoms with Gasteiger partial charge >= 0.3 is 0 Å². The number of hydrogen-bond acceptors (Lipinski definition) is 6. The minimum atomic E-state index is -0.431. The summed E-state index contributed by atoms with van der Waals surface area (Å²) in [6.07, 6.45) is 1.52. The van der Waals surface area contributed by atoms with E-state index in [4.69, 9.17) is 14.0 Å². The molecule has 1 atom stereocenters. The number of ether oxygens (including phenoxy) is 2. The number of fused-ring (bicyclic) bond motifs is 1. The highest BCUT2D eigenvalue weighted by molar-refractivity contribution is 6.10. The fraction of sp³-hybridized carbons (Fsp3) is 0.333. The van der Waals surface area contributed by atoms with Gasteiger partial charge in [0, 0.05) is 43.3 Å². The van der Waals surface area contributed by atoms with Crippen LogP contribution < -0.4 is 10.1 Å². The zero-order valence-electron chi connectivity index (χ0n) is 20.1. The summed E-state index contributed by atoms with van der Waals surface area (Å²) in [7, 11) is 1.67. The topological polar surface area (TPSA) is 81.8 Å². The molecule has 0 saturated carbocycles. The van der Waals surface area contributed by atoms with Crippen molar-refractivity contribution < 1.29 is 18.8 Å². The van der Waals surface area contributed by atoms with Gasteiger partial charge in [0.25, 0.3) is 5.91 Å². The van der Waals surface area contributed by atoms with E-state index in [1.165, 1.54) is 6.26 Å². The summed E-state index contributed by atoms with van der Waals surface area (Å²) >= 11 is 0. The molecule has 1 N–H and O–H groups in total. The Morgan fingerprint density at radius 3 is 2.60 bits per heavy atom. The average molecular weight is 475 g/mol. The predicted molar refractivity (Wildman–Crippen MR) is 133 cm³/mol. The number of carbonyl (C=O) groups excluding carboxylic acids is 1. The van der Waals surface area contributed by atoms with Gasteiger partial charge in [-0.15, -0.1) is 0 Å². The first-order valence-corrected chi connectivity index (χ1v) is 11.9. The summed E-state index contributed by atoms with van der Waals surface area (Å²) in [6, 6.07) is 17.0. The first-order valence-electron chi connectivity index (χ1n) is 11.9. The number of aromatic nitrogens is 2. The van der Waals surface area contributed by atoms with Gasteiger partial charge < -0.3 is 23.9 Å². The van der Waals surface area contributed by atoms with Crippen LogP contribution in [0, 0.1) is 6.92 Å². The second-order valence-electron chi connectivity index (χ2n) is 8.66. The molecule has 1 amide bonds. The number of hydrogen-bond donors (Lipinski definition) is 1. The molecule has 4 aromatic rings. The third-order valence-electron chi connectivity index (χ3n) is 6.66. The van der Waals surface area contributed by atoms with Crippen molar-refractivity contribution in [1.82, 2.24) is 19.9 Å². The van der Waals surface area contributed by atoms with Crippen LogP contribution >= 0.6 is 0 Å². The van der Waals surface area contributed by atoms with E-state index in [2.05, 4.69) is 19.9 Å². The van der Waals surface area contributed by atoms with Gasteiger partial charge in [-0.2, -0.15) is 0 Å². The van der Waals surface area contributed by atoms with Crippen molar-refractivity contribution in [1.29, 1.82) is 0 Å². The summed E-state index contributed by atoms with van der Waals surface area (Å²) < 4.78 is 18.5. The van der Waals surface area contributed by atoms with Crippen LogP contribution in [0.2, 0.25) is 0 Å². The molecule has 8 nitrogen and oxygen atoms in total. The number of amides is 1. The Hall–Kier alpha value is -3.62. The van der Waals surface area contributed by atoms with Crippen molar-refractivity contribution in [2.24, 2.45) is 0 Å². The molecule has 182 valence electrons. The van der Waals surface area contributed by atoms with E-state index >= 15 is 0 Å². The molecule has 8 heteroatoms. The van der Waals surface area contributed by atoms with Gasteiger partial charge in [-0.1, -0.05) is 47.6 Å². The van der Waals surface area contributed by atoms with E-state index in [-0.39, 0.29) is 5.91 Å². The van der Waals surface area contributed by atoms with Crippen LogP contribution in [-0.2, 0) is 11.3 Å². The molecular formula is C27H30N4O4. The highest BCUT2D eigenvalue weighted by Gasteiger charge is 2.26. The Labute approximate surface area is 204 Å². The molecule has 1 aliphatic heterocycles. The first kappa shape index (κ1) is 23.1. The number of rotatable bonds is 8. The normalized spacial score (nSPS) is 15.3. The smallest absolute Gasteiger partial charge is 0.254 e. The van der Waals surface area contributed by atoms with Crippen molar-refractivity contribution in [2.75, 3.05) is 40.0 Å². The van der Waals surface area contributed by atoms with Crippen LogP contribution in [0.1, 0.15) is 33.4 Å². The highest BCUT2D eigenvalue weighted by Crippen LogP contribution is 2.33. The first-order chi connectivity index (χ1) is 17.2. The van der Waals surface area contributed by atoms with E-state index in [9.17, 15) is 4.79 Å². The molecule has 5 rings (SSSR count). The van der Waals surface area contributed by atoms with E-state index in [1.54, 1.807) is 13.2 Å². The van der Waals surface area contributed by atoms with Crippen molar-refractivity contribution in [3.8, 4) is 5.75 Å². The number of para-hydroxylation sites is 1. The lowest BCUT2D eigenvalue weighted by Gasteiger charge is -2.27. The third kappa shape index (κ3) is 4.67. The second-order valence-corrected chi connectivity index (χ2v) is 8.66. The summed E-state index contributed by atoms with van der Waals surface area (Å²) in [6.45, 7) is 6.97. The Morgan fingerprint density at radius 1 is 1.09 bits per heavy atom. The SMILES string of the molecule is COc1cccc2c(C(=O)N[C@@H](c3ccccc3)c3ccon3)c(C)n(CCN3CCOCC3)c12. The Morgan fingerprint density at radius 2 is 1.89 bits per heavy atom. The number of carbonyl (C=O) groups is 1. The van der Waals surface area contributed by atoms with Crippen LogP contribution in [-0.4, -0.2) is 60.5 Å². The lowest BCUT2D eigenvalue weighted by molar-refractivity contribution is 0.0365. The van der Waals surface area contributed by atoms with Gasteiger partial charge in [0.2, 0.25) is 0 Å². The van der Waals surface area contributed by atoms with Gasteiger partial charge in [-0.25, -0.2) is 0 Å². The Kier molecular flexibility index (Phi) is 6.83. The van der Waals surface area contributed by atoms with Gasteiger partial charge in [0.15, 0.2) is 0 Å².